The van der Waals surface area contributed by atoms with Crippen molar-refractivity contribution < 1.29 is 9.47 Å². The Bertz CT molecular complexity index is 1440. The summed E-state index contributed by atoms with van der Waals surface area (Å²) < 4.78 is 12.7. The molecule has 236 valence electrons. The SMILES string of the molecule is CCCCCCCCOc1ccc(-c2nc(C3=C(C)CC(C)C=C3)nc(-c3ccc(C)cc3C)n2)c(OCCCC(C)C)c1. The first-order valence-electron chi connectivity index (χ1n) is 16.9. The molecule has 0 aliphatic heterocycles. The molecule has 44 heavy (non-hydrogen) atoms. The van der Waals surface area contributed by atoms with Gasteiger partial charge in [0, 0.05) is 17.2 Å². The van der Waals surface area contributed by atoms with Crippen LogP contribution in [0.15, 0.2) is 54.1 Å². The van der Waals surface area contributed by atoms with Gasteiger partial charge in [-0.3, -0.25) is 0 Å². The van der Waals surface area contributed by atoms with E-state index in [1.807, 2.05) is 12.1 Å². The lowest BCUT2D eigenvalue weighted by atomic mass is 9.91. The molecule has 0 N–H and O–H groups in total. The molecule has 4 rings (SSSR count). The second-order valence-corrected chi connectivity index (χ2v) is 13.0. The lowest BCUT2D eigenvalue weighted by Gasteiger charge is -2.18. The van der Waals surface area contributed by atoms with Gasteiger partial charge in [0.05, 0.1) is 18.8 Å². The maximum Gasteiger partial charge on any atom is 0.167 e. The highest BCUT2D eigenvalue weighted by atomic mass is 16.5. The van der Waals surface area contributed by atoms with Crippen LogP contribution in [0.4, 0.5) is 0 Å². The first-order valence-corrected chi connectivity index (χ1v) is 16.9. The average Bonchev–Trinajstić information content (AvgIpc) is 2.98. The van der Waals surface area contributed by atoms with Gasteiger partial charge in [-0.2, -0.15) is 0 Å². The van der Waals surface area contributed by atoms with Crippen LogP contribution in [-0.4, -0.2) is 28.2 Å². The first-order chi connectivity index (χ1) is 21.2. The Hall–Kier alpha value is -3.47. The van der Waals surface area contributed by atoms with E-state index in [-0.39, 0.29) is 0 Å². The van der Waals surface area contributed by atoms with Crippen molar-refractivity contribution in [1.29, 1.82) is 0 Å². The van der Waals surface area contributed by atoms with E-state index in [4.69, 9.17) is 24.4 Å². The molecular weight excluding hydrogens is 542 g/mol. The number of allylic oxidation sites excluding steroid dienone is 4. The highest BCUT2D eigenvalue weighted by Gasteiger charge is 2.20. The standard InChI is InChI=1S/C39H53N3O2/c1-8-9-10-11-12-13-22-43-32-18-21-35(36(26-32)44-23-14-15-27(2)3)39-41-37(33-19-16-28(4)24-30(33)6)40-38(42-39)34-20-17-29(5)25-31(34)7/h16-21,24,26-27,29H,8-15,22-23,25H2,1-7H3. The molecule has 1 unspecified atom stereocenters. The Morgan fingerprint density at radius 2 is 1.45 bits per heavy atom. The van der Waals surface area contributed by atoms with Crippen molar-refractivity contribution in [2.75, 3.05) is 13.2 Å². The van der Waals surface area contributed by atoms with Crippen molar-refractivity contribution in [3.8, 4) is 34.3 Å². The van der Waals surface area contributed by atoms with Crippen LogP contribution >= 0.6 is 0 Å². The number of aromatic nitrogens is 3. The number of nitrogens with zero attached hydrogens (tertiary/aromatic N) is 3. The molecule has 0 saturated carbocycles. The van der Waals surface area contributed by atoms with Crippen LogP contribution in [-0.2, 0) is 0 Å². The summed E-state index contributed by atoms with van der Waals surface area (Å²) in [5.74, 6) is 4.75. The van der Waals surface area contributed by atoms with Gasteiger partial charge in [-0.15, -0.1) is 0 Å². The molecule has 5 nitrogen and oxygen atoms in total. The molecule has 1 aliphatic carbocycles. The third kappa shape index (κ3) is 9.51. The zero-order chi connectivity index (χ0) is 31.5. The third-order valence-corrected chi connectivity index (χ3v) is 8.32. The number of benzene rings is 2. The van der Waals surface area contributed by atoms with Crippen molar-refractivity contribution in [3.63, 3.8) is 0 Å². The Balaban J connectivity index is 1.70. The molecule has 0 bridgehead atoms. The van der Waals surface area contributed by atoms with Crippen LogP contribution in [0.2, 0.25) is 0 Å². The minimum absolute atomic E-state index is 0.508. The molecule has 0 spiro atoms. The lowest BCUT2D eigenvalue weighted by Crippen LogP contribution is -2.08. The fraction of sp³-hybridized carbons (Fsp3) is 0.513. The Labute approximate surface area is 266 Å². The Morgan fingerprint density at radius 1 is 0.773 bits per heavy atom. The minimum atomic E-state index is 0.508. The van der Waals surface area contributed by atoms with Crippen molar-refractivity contribution in [1.82, 2.24) is 15.0 Å². The fourth-order valence-electron chi connectivity index (χ4n) is 5.77. The summed E-state index contributed by atoms with van der Waals surface area (Å²) in [5, 5.41) is 0. The number of aryl methyl sites for hydroxylation is 2. The number of rotatable bonds is 16. The van der Waals surface area contributed by atoms with Gasteiger partial charge in [0.2, 0.25) is 0 Å². The maximum atomic E-state index is 6.45. The second-order valence-electron chi connectivity index (χ2n) is 13.0. The van der Waals surface area contributed by atoms with E-state index < -0.39 is 0 Å². The molecule has 0 fully saturated rings. The van der Waals surface area contributed by atoms with Gasteiger partial charge < -0.3 is 9.47 Å². The van der Waals surface area contributed by atoms with Crippen molar-refractivity contribution in [2.24, 2.45) is 11.8 Å². The third-order valence-electron chi connectivity index (χ3n) is 8.32. The molecule has 0 radical (unpaired) electrons. The summed E-state index contributed by atoms with van der Waals surface area (Å²) in [6.45, 7) is 16.8. The van der Waals surface area contributed by atoms with Crippen LogP contribution < -0.4 is 9.47 Å². The smallest absolute Gasteiger partial charge is 0.167 e. The molecule has 0 amide bonds. The topological polar surface area (TPSA) is 57.1 Å². The van der Waals surface area contributed by atoms with E-state index in [0.717, 1.165) is 59.4 Å². The summed E-state index contributed by atoms with van der Waals surface area (Å²) in [6, 6.07) is 12.5. The molecule has 1 heterocycles. The summed E-state index contributed by atoms with van der Waals surface area (Å²) in [7, 11) is 0. The largest absolute Gasteiger partial charge is 0.493 e. The van der Waals surface area contributed by atoms with Gasteiger partial charge in [0.15, 0.2) is 17.5 Å². The molecular formula is C39H53N3O2. The molecule has 5 heteroatoms. The van der Waals surface area contributed by atoms with Crippen LogP contribution in [0.1, 0.15) is 109 Å². The van der Waals surface area contributed by atoms with Crippen molar-refractivity contribution in [3.05, 3.63) is 71.1 Å². The van der Waals surface area contributed by atoms with Gasteiger partial charge >= 0.3 is 0 Å². The normalized spacial score (nSPS) is 14.9. The predicted molar refractivity (Wildman–Crippen MR) is 184 cm³/mol. The quantitative estimate of drug-likeness (QED) is 0.154. The van der Waals surface area contributed by atoms with Gasteiger partial charge in [-0.1, -0.05) is 101 Å². The lowest BCUT2D eigenvalue weighted by molar-refractivity contribution is 0.287. The summed E-state index contributed by atoms with van der Waals surface area (Å²) in [4.78, 5) is 15.2. The zero-order valence-electron chi connectivity index (χ0n) is 28.2. The molecule has 1 aliphatic rings. The fourth-order valence-corrected chi connectivity index (χ4v) is 5.77. The minimum Gasteiger partial charge on any atom is -0.493 e. The van der Waals surface area contributed by atoms with E-state index in [2.05, 4.69) is 84.9 Å². The molecule has 1 atom stereocenters. The zero-order valence-corrected chi connectivity index (χ0v) is 28.2. The van der Waals surface area contributed by atoms with E-state index in [0.29, 0.717) is 42.5 Å². The highest BCUT2D eigenvalue weighted by molar-refractivity contribution is 5.77. The predicted octanol–water partition coefficient (Wildman–Crippen LogP) is 10.7. The molecule has 1 aromatic heterocycles. The maximum absolute atomic E-state index is 6.45. The average molecular weight is 596 g/mol. The number of ether oxygens (including phenoxy) is 2. The van der Waals surface area contributed by atoms with E-state index >= 15 is 0 Å². The van der Waals surface area contributed by atoms with Crippen molar-refractivity contribution >= 4 is 5.57 Å². The number of unbranched alkanes of at least 4 members (excludes halogenated alkanes) is 5. The first kappa shape index (κ1) is 33.4. The van der Waals surface area contributed by atoms with Gasteiger partial charge in [0.1, 0.15) is 11.5 Å². The summed E-state index contributed by atoms with van der Waals surface area (Å²) in [6.07, 6.45) is 15.0. The van der Waals surface area contributed by atoms with Gasteiger partial charge in [0.25, 0.3) is 0 Å². The van der Waals surface area contributed by atoms with E-state index in [9.17, 15) is 0 Å². The van der Waals surface area contributed by atoms with Crippen LogP contribution in [0.5, 0.6) is 11.5 Å². The Kier molecular flexibility index (Phi) is 12.6. The Morgan fingerprint density at radius 3 is 2.18 bits per heavy atom. The van der Waals surface area contributed by atoms with E-state index in [1.54, 1.807) is 0 Å². The molecule has 2 aromatic carbocycles. The number of hydrogen-bond donors (Lipinski definition) is 0. The monoisotopic (exact) mass is 595 g/mol. The van der Waals surface area contributed by atoms with Crippen LogP contribution in [0.25, 0.3) is 28.3 Å². The van der Waals surface area contributed by atoms with Gasteiger partial charge in [-0.05, 0) is 76.0 Å². The second kappa shape index (κ2) is 16.6. The highest BCUT2D eigenvalue weighted by Crippen LogP contribution is 2.36. The number of hydrogen-bond acceptors (Lipinski definition) is 5. The summed E-state index contributed by atoms with van der Waals surface area (Å²) in [5.41, 5.74) is 6.63. The van der Waals surface area contributed by atoms with E-state index in [1.165, 1.54) is 43.2 Å². The van der Waals surface area contributed by atoms with Crippen molar-refractivity contribution in [2.45, 2.75) is 106 Å². The van der Waals surface area contributed by atoms with Crippen LogP contribution in [0, 0.1) is 25.7 Å². The van der Waals surface area contributed by atoms with Crippen LogP contribution in [0.3, 0.4) is 0 Å². The van der Waals surface area contributed by atoms with Gasteiger partial charge in [-0.25, -0.2) is 15.0 Å². The summed E-state index contributed by atoms with van der Waals surface area (Å²) >= 11 is 0. The molecule has 3 aromatic rings. The molecule has 0 saturated heterocycles.